The van der Waals surface area contributed by atoms with Crippen LogP contribution in [-0.4, -0.2) is 54.3 Å². The first-order valence-corrected chi connectivity index (χ1v) is 11.2. The first-order chi connectivity index (χ1) is 13.7. The van der Waals surface area contributed by atoms with E-state index >= 15 is 0 Å². The Hall–Kier alpha value is -1.16. The lowest BCUT2D eigenvalue weighted by molar-refractivity contribution is 0.183. The monoisotopic (exact) mass is 528 g/mol. The van der Waals surface area contributed by atoms with E-state index in [-0.39, 0.29) is 24.0 Å². The molecule has 5 nitrogen and oxygen atoms in total. The lowest BCUT2D eigenvalue weighted by atomic mass is 10.0. The van der Waals surface area contributed by atoms with Crippen LogP contribution < -0.4 is 10.6 Å². The Kier molecular flexibility index (Phi) is 11.0. The van der Waals surface area contributed by atoms with Gasteiger partial charge < -0.3 is 15.7 Å². The van der Waals surface area contributed by atoms with Gasteiger partial charge in [-0.1, -0.05) is 30.3 Å². The number of likely N-dealkylation sites (tertiary alicyclic amines) is 1. The molecule has 0 radical (unpaired) electrons. The second-order valence-corrected chi connectivity index (χ2v) is 8.17. The predicted octanol–water partition coefficient (Wildman–Crippen LogP) is 3.49. The van der Waals surface area contributed by atoms with Gasteiger partial charge in [-0.15, -0.1) is 24.0 Å². The van der Waals surface area contributed by atoms with E-state index in [1.807, 2.05) is 30.3 Å². The molecule has 0 saturated carbocycles. The minimum absolute atomic E-state index is 0. The maximum absolute atomic E-state index is 10.3. The van der Waals surface area contributed by atoms with Crippen LogP contribution in [0.3, 0.4) is 0 Å². The van der Waals surface area contributed by atoms with Crippen molar-refractivity contribution in [3.8, 4) is 0 Å². The first-order valence-electron chi connectivity index (χ1n) is 10.2. The van der Waals surface area contributed by atoms with Crippen LogP contribution in [0.25, 0.3) is 0 Å². The van der Waals surface area contributed by atoms with E-state index in [1.54, 1.807) is 11.3 Å². The van der Waals surface area contributed by atoms with Crippen molar-refractivity contribution in [2.75, 3.05) is 26.2 Å². The van der Waals surface area contributed by atoms with E-state index in [1.165, 1.54) is 5.56 Å². The molecule has 1 aromatic carbocycles. The Bertz CT molecular complexity index is 703. The second kappa shape index (κ2) is 13.2. The minimum atomic E-state index is -0.467. The lowest BCUT2D eigenvalue weighted by Crippen LogP contribution is -2.48. The fraction of sp³-hybridized carbons (Fsp3) is 0.500. The van der Waals surface area contributed by atoms with Crippen LogP contribution in [-0.2, 0) is 13.0 Å². The molecule has 3 N–H and O–H groups in total. The number of aliphatic hydroxyl groups is 1. The number of benzene rings is 1. The molecule has 3 rings (SSSR count). The summed E-state index contributed by atoms with van der Waals surface area (Å²) >= 11 is 1.77. The molecule has 1 fully saturated rings. The van der Waals surface area contributed by atoms with Gasteiger partial charge in [0.05, 0.1) is 12.6 Å². The van der Waals surface area contributed by atoms with Crippen LogP contribution in [0.4, 0.5) is 0 Å². The number of thiophene rings is 1. The molecule has 0 bridgehead atoms. The summed E-state index contributed by atoms with van der Waals surface area (Å²) in [4.78, 5) is 7.14. The van der Waals surface area contributed by atoms with Crippen molar-refractivity contribution >= 4 is 41.3 Å². The largest absolute Gasteiger partial charge is 0.391 e. The fourth-order valence-electron chi connectivity index (χ4n) is 3.54. The smallest absolute Gasteiger partial charge is 0.191 e. The maximum Gasteiger partial charge on any atom is 0.191 e. The van der Waals surface area contributed by atoms with Gasteiger partial charge in [0.1, 0.15) is 0 Å². The highest BCUT2D eigenvalue weighted by molar-refractivity contribution is 14.0. The summed E-state index contributed by atoms with van der Waals surface area (Å²) in [7, 11) is 0. The van der Waals surface area contributed by atoms with Gasteiger partial charge in [-0.3, -0.25) is 9.89 Å². The zero-order valence-electron chi connectivity index (χ0n) is 17.1. The SMILES string of the molecule is CCNC(=NCC(O)Cc1ccccc1)NC1CCN(Cc2ccsc2)CC1.I. The predicted molar refractivity (Wildman–Crippen MR) is 133 cm³/mol. The summed E-state index contributed by atoms with van der Waals surface area (Å²) in [6.45, 7) is 6.54. The van der Waals surface area contributed by atoms with E-state index in [0.29, 0.717) is 19.0 Å². The maximum atomic E-state index is 10.3. The number of hydrogen-bond acceptors (Lipinski definition) is 4. The van der Waals surface area contributed by atoms with Crippen molar-refractivity contribution in [2.24, 2.45) is 4.99 Å². The average molecular weight is 529 g/mol. The minimum Gasteiger partial charge on any atom is -0.391 e. The third-order valence-corrected chi connectivity index (χ3v) is 5.77. The molecule has 2 aromatic rings. The average Bonchev–Trinajstić information content (AvgIpc) is 3.22. The molecule has 2 heterocycles. The highest BCUT2D eigenvalue weighted by Crippen LogP contribution is 2.15. The first kappa shape index (κ1) is 24.1. The Morgan fingerprint density at radius 3 is 2.62 bits per heavy atom. The highest BCUT2D eigenvalue weighted by atomic mass is 127. The van der Waals surface area contributed by atoms with Crippen LogP contribution in [0.2, 0.25) is 0 Å². The molecule has 29 heavy (non-hydrogen) atoms. The van der Waals surface area contributed by atoms with E-state index in [9.17, 15) is 5.11 Å². The molecule has 0 amide bonds. The van der Waals surface area contributed by atoms with Crippen LogP contribution >= 0.6 is 35.3 Å². The highest BCUT2D eigenvalue weighted by Gasteiger charge is 2.20. The number of guanidine groups is 1. The number of rotatable bonds is 8. The van der Waals surface area contributed by atoms with Gasteiger partial charge in [0, 0.05) is 38.6 Å². The standard InChI is InChI=1S/C22H32N4OS.HI/c1-2-23-22(24-15-21(27)14-18-6-4-3-5-7-18)25-20-8-11-26(12-9-20)16-19-10-13-28-17-19;/h3-7,10,13,17,20-21,27H,2,8-9,11-12,14-16H2,1H3,(H2,23,24,25);1H. The van der Waals surface area contributed by atoms with Crippen LogP contribution in [0, 0.1) is 0 Å². The van der Waals surface area contributed by atoms with E-state index in [0.717, 1.165) is 50.5 Å². The summed E-state index contributed by atoms with van der Waals surface area (Å²) in [5.41, 5.74) is 2.56. The molecule has 1 saturated heterocycles. The van der Waals surface area contributed by atoms with Crippen molar-refractivity contribution in [3.63, 3.8) is 0 Å². The Balaban J connectivity index is 0.00000300. The molecule has 0 spiro atoms. The van der Waals surface area contributed by atoms with Gasteiger partial charge in [-0.2, -0.15) is 11.3 Å². The zero-order chi connectivity index (χ0) is 19.6. The van der Waals surface area contributed by atoms with Crippen LogP contribution in [0.1, 0.15) is 30.9 Å². The molecule has 160 valence electrons. The molecule has 1 unspecified atom stereocenters. The molecule has 1 aromatic heterocycles. The van der Waals surface area contributed by atoms with Crippen LogP contribution in [0.5, 0.6) is 0 Å². The third kappa shape index (κ3) is 8.62. The van der Waals surface area contributed by atoms with Crippen molar-refractivity contribution < 1.29 is 5.11 Å². The van der Waals surface area contributed by atoms with Crippen molar-refractivity contribution in [1.29, 1.82) is 0 Å². The molecular weight excluding hydrogens is 495 g/mol. The van der Waals surface area contributed by atoms with Crippen molar-refractivity contribution in [3.05, 3.63) is 58.3 Å². The van der Waals surface area contributed by atoms with E-state index in [2.05, 4.69) is 44.3 Å². The van der Waals surface area contributed by atoms with Gasteiger partial charge >= 0.3 is 0 Å². The van der Waals surface area contributed by atoms with Crippen molar-refractivity contribution in [1.82, 2.24) is 15.5 Å². The zero-order valence-corrected chi connectivity index (χ0v) is 20.2. The number of hydrogen-bond donors (Lipinski definition) is 3. The van der Waals surface area contributed by atoms with Crippen LogP contribution in [0.15, 0.2) is 52.2 Å². The summed E-state index contributed by atoms with van der Waals surface area (Å²) in [6.07, 6.45) is 2.39. The molecular formula is C22H33IN4OS. The number of halogens is 1. The van der Waals surface area contributed by atoms with Crippen molar-refractivity contribution in [2.45, 2.75) is 44.9 Å². The van der Waals surface area contributed by atoms with Gasteiger partial charge in [-0.25, -0.2) is 0 Å². The van der Waals surface area contributed by atoms with E-state index < -0.39 is 6.10 Å². The number of nitrogens with one attached hydrogen (secondary N) is 2. The molecule has 1 atom stereocenters. The summed E-state index contributed by atoms with van der Waals surface area (Å²) in [5.74, 6) is 0.811. The van der Waals surface area contributed by atoms with Gasteiger partial charge in [0.15, 0.2) is 5.96 Å². The molecule has 1 aliphatic rings. The normalized spacial score (nSPS) is 16.8. The quantitative estimate of drug-likeness (QED) is 0.279. The molecule has 0 aliphatic carbocycles. The van der Waals surface area contributed by atoms with E-state index in [4.69, 9.17) is 0 Å². The third-order valence-electron chi connectivity index (χ3n) is 5.03. The molecule has 1 aliphatic heterocycles. The molecule has 7 heteroatoms. The summed E-state index contributed by atoms with van der Waals surface area (Å²) in [6, 6.07) is 12.7. The number of aliphatic hydroxyl groups excluding tert-OH is 1. The second-order valence-electron chi connectivity index (χ2n) is 7.39. The summed E-state index contributed by atoms with van der Waals surface area (Å²) in [5, 5.41) is 21.6. The Labute approximate surface area is 195 Å². The lowest BCUT2D eigenvalue weighted by Gasteiger charge is -2.33. The number of aliphatic imine (C=N–C) groups is 1. The Morgan fingerprint density at radius 2 is 1.97 bits per heavy atom. The summed E-state index contributed by atoms with van der Waals surface area (Å²) < 4.78 is 0. The van der Waals surface area contributed by atoms with Gasteiger partial charge in [0.25, 0.3) is 0 Å². The topological polar surface area (TPSA) is 59.9 Å². The fourth-order valence-corrected chi connectivity index (χ4v) is 4.20. The number of nitrogens with zero attached hydrogens (tertiary/aromatic N) is 2. The van der Waals surface area contributed by atoms with Gasteiger partial charge in [0.2, 0.25) is 0 Å². The number of piperidine rings is 1. The van der Waals surface area contributed by atoms with Gasteiger partial charge in [-0.05, 0) is 47.7 Å². The Morgan fingerprint density at radius 1 is 1.21 bits per heavy atom.